The molecule has 0 radical (unpaired) electrons. The van der Waals surface area contributed by atoms with Crippen molar-refractivity contribution in [2.45, 2.75) is 18.9 Å². The second-order valence-corrected chi connectivity index (χ2v) is 6.60. The molecule has 3 aromatic rings. The predicted molar refractivity (Wildman–Crippen MR) is 88.7 cm³/mol. The minimum absolute atomic E-state index is 0.0497. The quantitative estimate of drug-likeness (QED) is 0.802. The Morgan fingerprint density at radius 2 is 2.09 bits per heavy atom. The molecule has 6 heteroatoms. The summed E-state index contributed by atoms with van der Waals surface area (Å²) in [5.74, 6) is 0.0887. The highest BCUT2D eigenvalue weighted by Crippen LogP contribution is 2.41. The van der Waals surface area contributed by atoms with Crippen LogP contribution in [0.2, 0.25) is 0 Å². The van der Waals surface area contributed by atoms with Crippen LogP contribution in [0.25, 0.3) is 4.96 Å². The van der Waals surface area contributed by atoms with Gasteiger partial charge in [0.05, 0.1) is 6.04 Å². The summed E-state index contributed by atoms with van der Waals surface area (Å²) >= 11 is 1.37. The number of rotatable bonds is 4. The zero-order chi connectivity index (χ0) is 15.8. The third-order valence-corrected chi connectivity index (χ3v) is 4.90. The Kier molecular flexibility index (Phi) is 3.46. The Balaban J connectivity index is 1.65. The molecule has 1 aromatic carbocycles. The third-order valence-electron chi connectivity index (χ3n) is 4.13. The zero-order valence-corrected chi connectivity index (χ0v) is 13.1. The molecule has 1 unspecified atom stereocenters. The smallest absolute Gasteiger partial charge is 0.271 e. The summed E-state index contributed by atoms with van der Waals surface area (Å²) in [5.41, 5.74) is 0.840. The molecule has 0 saturated heterocycles. The van der Waals surface area contributed by atoms with E-state index in [1.165, 1.54) is 21.9 Å². The number of nitrogens with zero attached hydrogens (tertiary/aromatic N) is 2. The molecule has 1 atom stereocenters. The standard InChI is InChI=1S/C17H15N3O2S/c21-15(13-10-18-17-20(16(13)22)8-9-23-17)19-14(12-6-7-12)11-4-2-1-3-5-11/h1-5,8-10,12,14H,6-7H2,(H,19,21). The van der Waals surface area contributed by atoms with Gasteiger partial charge < -0.3 is 5.32 Å². The average Bonchev–Trinajstić information content (AvgIpc) is 3.30. The Bertz CT molecular complexity index is 912. The average molecular weight is 325 g/mol. The molecule has 0 bridgehead atoms. The van der Waals surface area contributed by atoms with Crippen molar-refractivity contribution in [3.63, 3.8) is 0 Å². The molecule has 2 aromatic heterocycles. The van der Waals surface area contributed by atoms with Crippen LogP contribution in [-0.2, 0) is 0 Å². The molecular weight excluding hydrogens is 310 g/mol. The zero-order valence-electron chi connectivity index (χ0n) is 12.3. The van der Waals surface area contributed by atoms with Gasteiger partial charge in [-0.15, -0.1) is 11.3 Å². The Labute approximate surface area is 136 Å². The lowest BCUT2D eigenvalue weighted by Crippen LogP contribution is -2.34. The van der Waals surface area contributed by atoms with Crippen molar-refractivity contribution >= 4 is 22.2 Å². The van der Waals surface area contributed by atoms with E-state index in [4.69, 9.17) is 0 Å². The molecule has 1 amide bonds. The van der Waals surface area contributed by atoms with E-state index in [1.807, 2.05) is 30.3 Å². The summed E-state index contributed by atoms with van der Waals surface area (Å²) < 4.78 is 1.41. The van der Waals surface area contributed by atoms with E-state index in [0.717, 1.165) is 18.4 Å². The minimum atomic E-state index is -0.358. The van der Waals surface area contributed by atoms with Crippen LogP contribution < -0.4 is 10.9 Å². The number of nitrogens with one attached hydrogen (secondary N) is 1. The Morgan fingerprint density at radius 3 is 2.83 bits per heavy atom. The van der Waals surface area contributed by atoms with Gasteiger partial charge in [-0.05, 0) is 24.3 Å². The molecule has 23 heavy (non-hydrogen) atoms. The Hall–Kier alpha value is -2.47. The normalized spacial score (nSPS) is 15.5. The molecule has 1 aliphatic rings. The third kappa shape index (κ3) is 2.66. The first kappa shape index (κ1) is 14.1. The monoisotopic (exact) mass is 325 g/mol. The SMILES string of the molecule is O=C(NC(c1ccccc1)C1CC1)c1cnc2sccn2c1=O. The van der Waals surface area contributed by atoms with Gasteiger partial charge in [-0.2, -0.15) is 0 Å². The van der Waals surface area contributed by atoms with Gasteiger partial charge >= 0.3 is 0 Å². The largest absolute Gasteiger partial charge is 0.345 e. The van der Waals surface area contributed by atoms with Crippen molar-refractivity contribution in [2.24, 2.45) is 5.92 Å². The van der Waals surface area contributed by atoms with E-state index < -0.39 is 0 Å². The highest BCUT2D eigenvalue weighted by Gasteiger charge is 2.34. The lowest BCUT2D eigenvalue weighted by molar-refractivity contribution is 0.0929. The van der Waals surface area contributed by atoms with Gasteiger partial charge in [0.15, 0.2) is 4.96 Å². The maximum atomic E-state index is 12.6. The van der Waals surface area contributed by atoms with Crippen LogP contribution >= 0.6 is 11.3 Å². The van der Waals surface area contributed by atoms with Crippen LogP contribution in [0.4, 0.5) is 0 Å². The molecule has 1 aliphatic carbocycles. The van der Waals surface area contributed by atoms with Crippen LogP contribution in [0.1, 0.15) is 34.8 Å². The van der Waals surface area contributed by atoms with Crippen LogP contribution in [0, 0.1) is 5.92 Å². The van der Waals surface area contributed by atoms with Gasteiger partial charge in [0.25, 0.3) is 11.5 Å². The van der Waals surface area contributed by atoms with Gasteiger partial charge in [0.1, 0.15) is 5.56 Å². The van der Waals surface area contributed by atoms with Gasteiger partial charge in [-0.3, -0.25) is 14.0 Å². The number of carbonyl (C=O) groups excluding carboxylic acids is 1. The first-order chi connectivity index (χ1) is 11.2. The molecule has 5 nitrogen and oxygen atoms in total. The molecule has 4 rings (SSSR count). The van der Waals surface area contributed by atoms with Crippen molar-refractivity contribution in [2.75, 3.05) is 0 Å². The van der Waals surface area contributed by atoms with Gasteiger partial charge in [-0.1, -0.05) is 30.3 Å². The fourth-order valence-electron chi connectivity index (χ4n) is 2.76. The Morgan fingerprint density at radius 1 is 1.30 bits per heavy atom. The molecule has 1 N–H and O–H groups in total. The summed E-state index contributed by atoms with van der Waals surface area (Å²) in [4.78, 5) is 29.8. The molecule has 116 valence electrons. The van der Waals surface area contributed by atoms with Crippen molar-refractivity contribution in [1.29, 1.82) is 0 Å². The van der Waals surface area contributed by atoms with Gasteiger partial charge in [-0.25, -0.2) is 4.98 Å². The summed E-state index contributed by atoms with van der Waals surface area (Å²) in [6.45, 7) is 0. The number of thiazole rings is 1. The van der Waals surface area contributed by atoms with E-state index >= 15 is 0 Å². The van der Waals surface area contributed by atoms with Crippen molar-refractivity contribution < 1.29 is 4.79 Å². The second kappa shape index (κ2) is 5.62. The lowest BCUT2D eigenvalue weighted by atomic mass is 10.0. The van der Waals surface area contributed by atoms with E-state index in [0.29, 0.717) is 10.9 Å². The first-order valence-electron chi connectivity index (χ1n) is 7.55. The number of amides is 1. The van der Waals surface area contributed by atoms with Crippen LogP contribution in [0.15, 0.2) is 52.9 Å². The van der Waals surface area contributed by atoms with Gasteiger partial charge in [0, 0.05) is 17.8 Å². The predicted octanol–water partition coefficient (Wildman–Crippen LogP) is 2.64. The second-order valence-electron chi connectivity index (χ2n) is 5.73. The molecule has 2 heterocycles. The number of fused-ring (bicyclic) bond motifs is 1. The lowest BCUT2D eigenvalue weighted by Gasteiger charge is -2.18. The topological polar surface area (TPSA) is 63.5 Å². The number of aromatic nitrogens is 2. The van der Waals surface area contributed by atoms with E-state index in [2.05, 4.69) is 10.3 Å². The summed E-state index contributed by atoms with van der Waals surface area (Å²) in [7, 11) is 0. The first-order valence-corrected chi connectivity index (χ1v) is 8.42. The van der Waals surface area contributed by atoms with E-state index in [-0.39, 0.29) is 23.1 Å². The molecular formula is C17H15N3O2S. The molecule has 1 fully saturated rings. The molecule has 0 spiro atoms. The fourth-order valence-corrected chi connectivity index (χ4v) is 3.44. The van der Waals surface area contributed by atoms with E-state index in [1.54, 1.807) is 11.6 Å². The van der Waals surface area contributed by atoms with Crippen molar-refractivity contribution in [3.05, 3.63) is 69.6 Å². The number of benzene rings is 1. The highest BCUT2D eigenvalue weighted by atomic mass is 32.1. The number of hydrogen-bond donors (Lipinski definition) is 1. The van der Waals surface area contributed by atoms with Crippen molar-refractivity contribution in [3.8, 4) is 0 Å². The highest BCUT2D eigenvalue weighted by molar-refractivity contribution is 7.15. The van der Waals surface area contributed by atoms with E-state index in [9.17, 15) is 9.59 Å². The van der Waals surface area contributed by atoms with Crippen molar-refractivity contribution in [1.82, 2.24) is 14.7 Å². The summed E-state index contributed by atoms with van der Waals surface area (Å²) in [6.07, 6.45) is 5.21. The number of hydrogen-bond acceptors (Lipinski definition) is 4. The minimum Gasteiger partial charge on any atom is -0.345 e. The molecule has 0 aliphatic heterocycles. The van der Waals surface area contributed by atoms with Gasteiger partial charge in [0.2, 0.25) is 0 Å². The summed E-state index contributed by atoms with van der Waals surface area (Å²) in [6, 6.07) is 9.85. The maximum absolute atomic E-state index is 12.6. The van der Waals surface area contributed by atoms with Crippen LogP contribution in [0.5, 0.6) is 0 Å². The van der Waals surface area contributed by atoms with Crippen LogP contribution in [-0.4, -0.2) is 15.3 Å². The number of carbonyl (C=O) groups is 1. The maximum Gasteiger partial charge on any atom is 0.271 e. The molecule has 1 saturated carbocycles. The summed E-state index contributed by atoms with van der Waals surface area (Å²) in [5, 5.41) is 4.80. The van der Waals surface area contributed by atoms with Crippen LogP contribution in [0.3, 0.4) is 0 Å². The fraction of sp³-hybridized carbons (Fsp3) is 0.235.